The Hall–Kier alpha value is -1.07. The maximum Gasteiger partial charge on any atom is 0.339 e. The minimum absolute atomic E-state index is 0.00321. The molecule has 1 amide bonds. The van der Waals surface area contributed by atoms with Crippen molar-refractivity contribution in [1.82, 2.24) is 5.32 Å². The molecule has 0 aliphatic carbocycles. The van der Waals surface area contributed by atoms with Gasteiger partial charge in [-0.05, 0) is 28.1 Å². The first-order valence-corrected chi connectivity index (χ1v) is 6.63. The molecule has 0 unspecified atom stereocenters. The Balaban J connectivity index is 1.95. The van der Waals surface area contributed by atoms with E-state index in [4.69, 9.17) is 16.3 Å². The normalized spacial score (nSPS) is 18.6. The highest BCUT2D eigenvalue weighted by Crippen LogP contribution is 2.26. The van der Waals surface area contributed by atoms with Crippen molar-refractivity contribution in [2.75, 3.05) is 13.2 Å². The second kappa shape index (κ2) is 5.71. The van der Waals surface area contributed by atoms with Gasteiger partial charge in [0.05, 0.1) is 17.2 Å². The monoisotopic (exact) mass is 331 g/mol. The standard InChI is InChI=1S/C12H11BrClNO3/c13-9-3-1-2-8(11(9)14)12(17)18-6-7-4-10(16)15-5-7/h1-3,7H,4-6H2,(H,15,16)/t7-/m0/s1. The van der Waals surface area contributed by atoms with E-state index in [1.165, 1.54) is 0 Å². The van der Waals surface area contributed by atoms with Gasteiger partial charge in [0.25, 0.3) is 0 Å². The Morgan fingerprint density at radius 2 is 2.33 bits per heavy atom. The van der Waals surface area contributed by atoms with Crippen molar-refractivity contribution in [2.45, 2.75) is 6.42 Å². The molecule has 18 heavy (non-hydrogen) atoms. The van der Waals surface area contributed by atoms with Crippen LogP contribution >= 0.6 is 27.5 Å². The Morgan fingerprint density at radius 1 is 1.56 bits per heavy atom. The molecule has 0 saturated carbocycles. The third-order valence-electron chi connectivity index (χ3n) is 2.68. The molecular formula is C12H11BrClNO3. The molecule has 1 aromatic carbocycles. The van der Waals surface area contributed by atoms with Crippen LogP contribution in [0.15, 0.2) is 22.7 Å². The predicted octanol–water partition coefficient (Wildman–Crippen LogP) is 2.40. The lowest BCUT2D eigenvalue weighted by Crippen LogP contribution is -2.17. The van der Waals surface area contributed by atoms with E-state index >= 15 is 0 Å². The molecule has 1 aliphatic rings. The minimum atomic E-state index is -0.472. The molecule has 0 radical (unpaired) electrons. The van der Waals surface area contributed by atoms with Gasteiger partial charge >= 0.3 is 5.97 Å². The largest absolute Gasteiger partial charge is 0.462 e. The van der Waals surface area contributed by atoms with E-state index in [0.717, 1.165) is 0 Å². The number of rotatable bonds is 3. The fraction of sp³-hybridized carbons (Fsp3) is 0.333. The topological polar surface area (TPSA) is 55.4 Å². The molecule has 1 atom stereocenters. The summed E-state index contributed by atoms with van der Waals surface area (Å²) in [6.45, 7) is 0.777. The SMILES string of the molecule is O=C1C[C@H](COC(=O)c2cccc(Br)c2Cl)CN1. The Bertz CT molecular complexity index is 492. The van der Waals surface area contributed by atoms with Gasteiger partial charge in [0.15, 0.2) is 0 Å². The zero-order valence-corrected chi connectivity index (χ0v) is 11.8. The summed E-state index contributed by atoms with van der Waals surface area (Å²) in [5, 5.41) is 3.03. The van der Waals surface area contributed by atoms with Gasteiger partial charge in [-0.3, -0.25) is 4.79 Å². The number of amides is 1. The van der Waals surface area contributed by atoms with Crippen molar-refractivity contribution in [3.8, 4) is 0 Å². The second-order valence-corrected chi connectivity index (χ2v) is 5.31. The molecule has 6 heteroatoms. The Morgan fingerprint density at radius 3 is 3.00 bits per heavy atom. The molecule has 1 aromatic rings. The molecule has 0 aromatic heterocycles. The zero-order valence-electron chi connectivity index (χ0n) is 9.41. The summed E-state index contributed by atoms with van der Waals surface area (Å²) in [7, 11) is 0. The smallest absolute Gasteiger partial charge is 0.339 e. The van der Waals surface area contributed by atoms with Gasteiger partial charge in [-0.25, -0.2) is 4.79 Å². The number of hydrogen-bond acceptors (Lipinski definition) is 3. The fourth-order valence-corrected chi connectivity index (χ4v) is 2.28. The predicted molar refractivity (Wildman–Crippen MR) is 70.6 cm³/mol. The number of esters is 1. The second-order valence-electron chi connectivity index (χ2n) is 4.07. The molecule has 1 aliphatic heterocycles. The molecule has 1 heterocycles. The highest BCUT2D eigenvalue weighted by molar-refractivity contribution is 9.10. The van der Waals surface area contributed by atoms with Gasteiger partial charge in [-0.2, -0.15) is 0 Å². The highest BCUT2D eigenvalue weighted by Gasteiger charge is 2.23. The van der Waals surface area contributed by atoms with Crippen molar-refractivity contribution < 1.29 is 14.3 Å². The van der Waals surface area contributed by atoms with Crippen LogP contribution in [0.1, 0.15) is 16.8 Å². The number of nitrogens with one attached hydrogen (secondary N) is 1. The van der Waals surface area contributed by atoms with Crippen molar-refractivity contribution in [2.24, 2.45) is 5.92 Å². The lowest BCUT2D eigenvalue weighted by molar-refractivity contribution is -0.119. The number of halogens is 2. The van der Waals surface area contributed by atoms with E-state index in [-0.39, 0.29) is 18.4 Å². The van der Waals surface area contributed by atoms with Crippen molar-refractivity contribution >= 4 is 39.4 Å². The van der Waals surface area contributed by atoms with E-state index in [2.05, 4.69) is 21.2 Å². The molecule has 1 saturated heterocycles. The molecular weight excluding hydrogens is 321 g/mol. The van der Waals surface area contributed by atoms with Gasteiger partial charge in [0.1, 0.15) is 0 Å². The highest BCUT2D eigenvalue weighted by atomic mass is 79.9. The van der Waals surface area contributed by atoms with Crippen LogP contribution in [0.3, 0.4) is 0 Å². The van der Waals surface area contributed by atoms with Crippen LogP contribution in [0, 0.1) is 5.92 Å². The van der Waals surface area contributed by atoms with E-state index in [1.54, 1.807) is 18.2 Å². The van der Waals surface area contributed by atoms with E-state index in [0.29, 0.717) is 28.0 Å². The number of hydrogen-bond donors (Lipinski definition) is 1. The average Bonchev–Trinajstić information content (AvgIpc) is 2.76. The minimum Gasteiger partial charge on any atom is -0.462 e. The molecule has 0 bridgehead atoms. The van der Waals surface area contributed by atoms with Crippen LogP contribution in [-0.4, -0.2) is 25.0 Å². The maximum absolute atomic E-state index is 11.8. The van der Waals surface area contributed by atoms with Crippen LogP contribution in [0.25, 0.3) is 0 Å². The van der Waals surface area contributed by atoms with E-state index < -0.39 is 5.97 Å². The lowest BCUT2D eigenvalue weighted by Gasteiger charge is -2.10. The summed E-state index contributed by atoms with van der Waals surface area (Å²) in [6.07, 6.45) is 0.402. The van der Waals surface area contributed by atoms with Crippen molar-refractivity contribution in [3.63, 3.8) is 0 Å². The number of ether oxygens (including phenoxy) is 1. The first-order chi connectivity index (χ1) is 8.58. The number of benzene rings is 1. The Labute approximate surface area is 118 Å². The van der Waals surface area contributed by atoms with Gasteiger partial charge in [-0.15, -0.1) is 0 Å². The van der Waals surface area contributed by atoms with Crippen LogP contribution in [0.2, 0.25) is 5.02 Å². The zero-order chi connectivity index (χ0) is 13.1. The third-order valence-corrected chi connectivity index (χ3v) is 3.98. The van der Waals surface area contributed by atoms with Crippen LogP contribution in [0.5, 0.6) is 0 Å². The summed E-state index contributed by atoms with van der Waals surface area (Å²) < 4.78 is 5.81. The molecule has 1 N–H and O–H groups in total. The molecule has 0 spiro atoms. The quantitative estimate of drug-likeness (QED) is 0.865. The summed E-state index contributed by atoms with van der Waals surface area (Å²) in [6, 6.07) is 5.07. The third kappa shape index (κ3) is 3.03. The summed E-state index contributed by atoms with van der Waals surface area (Å²) in [5.74, 6) is -0.426. The van der Waals surface area contributed by atoms with Crippen LogP contribution in [0.4, 0.5) is 0 Å². The number of carbonyl (C=O) groups is 2. The van der Waals surface area contributed by atoms with Gasteiger partial charge < -0.3 is 10.1 Å². The van der Waals surface area contributed by atoms with Gasteiger partial charge in [0.2, 0.25) is 5.91 Å². The Kier molecular flexibility index (Phi) is 4.24. The number of carbonyl (C=O) groups excluding carboxylic acids is 2. The first-order valence-electron chi connectivity index (χ1n) is 5.45. The van der Waals surface area contributed by atoms with Crippen molar-refractivity contribution in [1.29, 1.82) is 0 Å². The summed E-state index contributed by atoms with van der Waals surface area (Å²) in [4.78, 5) is 22.8. The van der Waals surface area contributed by atoms with E-state index in [9.17, 15) is 9.59 Å². The molecule has 4 nitrogen and oxygen atoms in total. The van der Waals surface area contributed by atoms with Crippen LogP contribution < -0.4 is 5.32 Å². The van der Waals surface area contributed by atoms with Gasteiger partial charge in [0, 0.05) is 23.4 Å². The maximum atomic E-state index is 11.8. The first kappa shape index (κ1) is 13.4. The summed E-state index contributed by atoms with van der Waals surface area (Å²) in [5.41, 5.74) is 0.323. The molecule has 2 rings (SSSR count). The fourth-order valence-electron chi connectivity index (χ4n) is 1.72. The molecule has 1 fully saturated rings. The lowest BCUT2D eigenvalue weighted by atomic mass is 10.1. The summed E-state index contributed by atoms with van der Waals surface area (Å²) >= 11 is 9.24. The average molecular weight is 333 g/mol. The van der Waals surface area contributed by atoms with Gasteiger partial charge in [-0.1, -0.05) is 17.7 Å². The molecule has 96 valence electrons. The van der Waals surface area contributed by atoms with E-state index in [1.807, 2.05) is 0 Å². The van der Waals surface area contributed by atoms with Crippen molar-refractivity contribution in [3.05, 3.63) is 33.3 Å². The van der Waals surface area contributed by atoms with Crippen LogP contribution in [-0.2, 0) is 9.53 Å².